The molecule has 4 heterocycles. The summed E-state index contributed by atoms with van der Waals surface area (Å²) in [5.74, 6) is -0.576. The number of fused-ring (bicyclic) bond motifs is 1. The van der Waals surface area contributed by atoms with E-state index in [1.54, 1.807) is 19.1 Å². The van der Waals surface area contributed by atoms with Crippen molar-refractivity contribution in [2.75, 3.05) is 32.1 Å². The van der Waals surface area contributed by atoms with Crippen LogP contribution in [0.5, 0.6) is 0 Å². The number of rotatable bonds is 5. The molecule has 0 aromatic carbocycles. The van der Waals surface area contributed by atoms with Crippen LogP contribution in [0, 0.1) is 6.92 Å². The van der Waals surface area contributed by atoms with E-state index in [4.69, 9.17) is 4.84 Å². The Morgan fingerprint density at radius 1 is 1.43 bits per heavy atom. The third-order valence-electron chi connectivity index (χ3n) is 4.92. The summed E-state index contributed by atoms with van der Waals surface area (Å²) in [7, 11) is 3.50. The lowest BCUT2D eigenvalue weighted by Gasteiger charge is -2.43. The topological polar surface area (TPSA) is 114 Å². The Kier molecular flexibility index (Phi) is 4.57. The Hall–Kier alpha value is -2.89. The molecule has 10 nitrogen and oxygen atoms in total. The molecule has 0 radical (unpaired) electrons. The lowest BCUT2D eigenvalue weighted by Crippen LogP contribution is -2.58. The van der Waals surface area contributed by atoms with E-state index in [1.807, 2.05) is 13.1 Å². The molecule has 11 heteroatoms. The number of nitrogens with zero attached hydrogens (tertiary/aromatic N) is 6. The van der Waals surface area contributed by atoms with Crippen LogP contribution in [0.1, 0.15) is 15.9 Å². The van der Waals surface area contributed by atoms with Gasteiger partial charge < -0.3 is 14.8 Å². The molecular weight excluding hydrogens is 384 g/mol. The van der Waals surface area contributed by atoms with Gasteiger partial charge in [0.2, 0.25) is 10.6 Å². The molecule has 0 bridgehead atoms. The fourth-order valence-corrected chi connectivity index (χ4v) is 3.74. The Morgan fingerprint density at radius 3 is 2.79 bits per heavy atom. The number of carboxylic acids is 1. The lowest BCUT2D eigenvalue weighted by atomic mass is 10.1. The minimum atomic E-state index is -1.29. The molecule has 28 heavy (non-hydrogen) atoms. The summed E-state index contributed by atoms with van der Waals surface area (Å²) in [5.41, 5.74) is 0.145. The highest BCUT2D eigenvalue weighted by molar-refractivity contribution is 7.08. The van der Waals surface area contributed by atoms with Crippen LogP contribution in [-0.2, 0) is 4.84 Å². The van der Waals surface area contributed by atoms with Crippen LogP contribution in [0.2, 0.25) is 0 Å². The number of pyridine rings is 2. The third kappa shape index (κ3) is 2.93. The number of carbonyl (C=O) groups is 1. The Morgan fingerprint density at radius 2 is 2.18 bits per heavy atom. The zero-order valence-corrected chi connectivity index (χ0v) is 16.3. The first-order valence-corrected chi connectivity index (χ1v) is 9.27. The molecule has 1 saturated heterocycles. The first-order valence-electron chi connectivity index (χ1n) is 8.50. The normalized spacial score (nSPS) is 14.6. The van der Waals surface area contributed by atoms with Crippen LogP contribution in [0.25, 0.3) is 16.2 Å². The second-order valence-corrected chi connectivity index (χ2v) is 7.31. The van der Waals surface area contributed by atoms with E-state index >= 15 is 0 Å². The van der Waals surface area contributed by atoms with Crippen molar-refractivity contribution in [3.63, 3.8) is 0 Å². The Labute approximate surface area is 163 Å². The number of likely N-dealkylation sites (N-methyl/N-ethyl adjacent to an activating group) is 1. The van der Waals surface area contributed by atoms with E-state index in [0.717, 1.165) is 24.6 Å². The van der Waals surface area contributed by atoms with Gasteiger partial charge in [-0.3, -0.25) is 9.36 Å². The summed E-state index contributed by atoms with van der Waals surface area (Å²) in [6.07, 6.45) is 2.64. The van der Waals surface area contributed by atoms with Gasteiger partial charge in [-0.05, 0) is 18.6 Å². The lowest BCUT2D eigenvalue weighted by molar-refractivity contribution is -0.146. The van der Waals surface area contributed by atoms with E-state index in [0.29, 0.717) is 22.2 Å². The van der Waals surface area contributed by atoms with Gasteiger partial charge in [0.1, 0.15) is 17.7 Å². The molecule has 0 atom stereocenters. The summed E-state index contributed by atoms with van der Waals surface area (Å²) >= 11 is 1.09. The number of aryl methyl sites for hydroxylation is 1. The fraction of sp³-hybridized carbons (Fsp3) is 0.353. The molecule has 1 aliphatic heterocycles. The SMILES string of the molecule is CON(C)C1CN(c2cc(C)c3c(=O)c(C(=O)O)cn(-c4ncns4)c3n2)C1. The van der Waals surface area contributed by atoms with Crippen LogP contribution >= 0.6 is 11.5 Å². The molecule has 4 rings (SSSR count). The zero-order valence-electron chi connectivity index (χ0n) is 15.5. The molecule has 0 amide bonds. The monoisotopic (exact) mass is 402 g/mol. The van der Waals surface area contributed by atoms with Crippen LogP contribution in [0.3, 0.4) is 0 Å². The van der Waals surface area contributed by atoms with Gasteiger partial charge in [0.15, 0.2) is 5.65 Å². The molecule has 146 valence electrons. The van der Waals surface area contributed by atoms with E-state index < -0.39 is 11.4 Å². The number of carboxylic acid groups (broad SMARTS) is 1. The van der Waals surface area contributed by atoms with E-state index in [2.05, 4.69) is 19.2 Å². The predicted molar refractivity (Wildman–Crippen MR) is 103 cm³/mol. The Bertz CT molecular complexity index is 1110. The Balaban J connectivity index is 1.87. The first kappa shape index (κ1) is 18.5. The third-order valence-corrected chi connectivity index (χ3v) is 5.58. The van der Waals surface area contributed by atoms with Crippen LogP contribution in [-0.4, -0.2) is 68.3 Å². The van der Waals surface area contributed by atoms with Gasteiger partial charge in [0, 0.05) is 37.9 Å². The van der Waals surface area contributed by atoms with Gasteiger partial charge in [0.05, 0.1) is 18.5 Å². The highest BCUT2D eigenvalue weighted by Crippen LogP contribution is 2.27. The summed E-state index contributed by atoms with van der Waals surface area (Å²) in [6.45, 7) is 3.25. The standard InChI is InChI=1S/C17H18N6O4S/c1-9-4-12(22-5-10(6-22)21(2)27-3)20-15-13(9)14(24)11(16(25)26)7-23(15)17-18-8-19-28-17/h4,7-8,10H,5-6H2,1-3H3,(H,25,26). The largest absolute Gasteiger partial charge is 0.477 e. The molecule has 3 aromatic heterocycles. The highest BCUT2D eigenvalue weighted by Gasteiger charge is 2.32. The molecule has 1 N–H and O–H groups in total. The summed E-state index contributed by atoms with van der Waals surface area (Å²) in [6, 6.07) is 2.06. The molecule has 0 unspecified atom stereocenters. The average molecular weight is 402 g/mol. The number of hydrogen-bond acceptors (Lipinski definition) is 9. The van der Waals surface area contributed by atoms with Gasteiger partial charge in [0.25, 0.3) is 0 Å². The quantitative estimate of drug-likeness (QED) is 0.622. The molecule has 0 saturated carbocycles. The maximum absolute atomic E-state index is 12.8. The zero-order chi connectivity index (χ0) is 20.0. The van der Waals surface area contributed by atoms with E-state index in [1.165, 1.54) is 17.1 Å². The van der Waals surface area contributed by atoms with Crippen molar-refractivity contribution in [2.45, 2.75) is 13.0 Å². The molecule has 1 fully saturated rings. The molecular formula is C17H18N6O4S. The van der Waals surface area contributed by atoms with Crippen molar-refractivity contribution in [2.24, 2.45) is 0 Å². The number of aromatic nitrogens is 4. The van der Waals surface area contributed by atoms with Gasteiger partial charge in [-0.2, -0.15) is 9.44 Å². The molecule has 3 aromatic rings. The van der Waals surface area contributed by atoms with Gasteiger partial charge in [-0.1, -0.05) is 0 Å². The van der Waals surface area contributed by atoms with Crippen molar-refractivity contribution in [1.82, 2.24) is 24.0 Å². The van der Waals surface area contributed by atoms with Crippen LogP contribution in [0.4, 0.5) is 5.82 Å². The second kappa shape index (κ2) is 6.93. The second-order valence-electron chi connectivity index (χ2n) is 6.55. The smallest absolute Gasteiger partial charge is 0.341 e. The minimum absolute atomic E-state index is 0.252. The maximum atomic E-state index is 12.8. The van der Waals surface area contributed by atoms with Crippen molar-refractivity contribution >= 4 is 34.4 Å². The van der Waals surface area contributed by atoms with Gasteiger partial charge in [-0.15, -0.1) is 0 Å². The molecule has 0 aliphatic carbocycles. The number of hydrogen-bond donors (Lipinski definition) is 1. The molecule has 1 aliphatic rings. The van der Waals surface area contributed by atoms with Crippen LogP contribution in [0.15, 0.2) is 23.4 Å². The van der Waals surface area contributed by atoms with Crippen molar-refractivity contribution in [3.05, 3.63) is 39.9 Å². The van der Waals surface area contributed by atoms with Crippen LogP contribution < -0.4 is 10.3 Å². The predicted octanol–water partition coefficient (Wildman–Crippen LogP) is 0.926. The average Bonchev–Trinajstić information content (AvgIpc) is 3.14. The first-order chi connectivity index (χ1) is 13.4. The maximum Gasteiger partial charge on any atom is 0.341 e. The van der Waals surface area contributed by atoms with Crippen molar-refractivity contribution < 1.29 is 14.7 Å². The summed E-state index contributed by atoms with van der Waals surface area (Å²) in [5, 5.41) is 11.9. The summed E-state index contributed by atoms with van der Waals surface area (Å²) < 4.78 is 5.50. The highest BCUT2D eigenvalue weighted by atomic mass is 32.1. The number of aromatic carboxylic acids is 1. The van der Waals surface area contributed by atoms with E-state index in [-0.39, 0.29) is 17.0 Å². The number of anilines is 1. The fourth-order valence-electron chi connectivity index (χ4n) is 3.23. The number of hydroxylamine groups is 2. The van der Waals surface area contributed by atoms with Gasteiger partial charge >= 0.3 is 5.97 Å². The molecule has 0 spiro atoms. The van der Waals surface area contributed by atoms with Gasteiger partial charge in [-0.25, -0.2) is 14.8 Å². The minimum Gasteiger partial charge on any atom is -0.477 e. The van der Waals surface area contributed by atoms with E-state index in [9.17, 15) is 14.7 Å². The van der Waals surface area contributed by atoms with Crippen molar-refractivity contribution in [3.8, 4) is 5.13 Å². The summed E-state index contributed by atoms with van der Waals surface area (Å²) in [4.78, 5) is 40.4. The van der Waals surface area contributed by atoms with Crippen molar-refractivity contribution in [1.29, 1.82) is 0 Å².